The Bertz CT molecular complexity index is 1340. The van der Waals surface area contributed by atoms with Gasteiger partial charge in [-0.15, -0.1) is 0 Å². The number of anilines is 1. The number of carbonyl (C=O) groups excluding carboxylic acids is 1. The molecule has 0 unspecified atom stereocenters. The highest BCUT2D eigenvalue weighted by molar-refractivity contribution is 7.89. The second kappa shape index (κ2) is 13.1. The molecule has 0 saturated carbocycles. The van der Waals surface area contributed by atoms with Gasteiger partial charge in [-0.2, -0.15) is 0 Å². The van der Waals surface area contributed by atoms with Gasteiger partial charge in [-0.1, -0.05) is 24.3 Å². The molecule has 3 aromatic rings. The van der Waals surface area contributed by atoms with Crippen LogP contribution in [0.4, 0.5) is 5.69 Å². The van der Waals surface area contributed by atoms with E-state index in [0.29, 0.717) is 25.2 Å². The average Bonchev–Trinajstić information content (AvgIpc) is 3.45. The number of hydrogen-bond donors (Lipinski definition) is 3. The predicted octanol–water partition coefficient (Wildman–Crippen LogP) is 3.24. The molecule has 210 valence electrons. The summed E-state index contributed by atoms with van der Waals surface area (Å²) in [7, 11) is -3.28. The maximum Gasteiger partial charge on any atom is 0.257 e. The minimum atomic E-state index is -3.28. The fourth-order valence-electron chi connectivity index (χ4n) is 5.52. The highest BCUT2D eigenvalue weighted by Crippen LogP contribution is 2.31. The van der Waals surface area contributed by atoms with Crippen LogP contribution >= 0.6 is 0 Å². The van der Waals surface area contributed by atoms with Crippen molar-refractivity contribution in [2.45, 2.75) is 25.2 Å². The van der Waals surface area contributed by atoms with E-state index < -0.39 is 10.0 Å². The molecule has 9 nitrogen and oxygen atoms in total. The third-order valence-electron chi connectivity index (χ3n) is 7.76. The van der Waals surface area contributed by atoms with Crippen molar-refractivity contribution in [1.82, 2.24) is 19.5 Å². The van der Waals surface area contributed by atoms with Crippen LogP contribution < -0.4 is 10.6 Å². The fraction of sp³-hybridized carbons (Fsp3) is 0.483. The van der Waals surface area contributed by atoms with Gasteiger partial charge in [-0.25, -0.2) is 12.7 Å². The van der Waals surface area contributed by atoms with Crippen LogP contribution in [-0.2, 0) is 14.8 Å². The lowest BCUT2D eigenvalue weighted by Crippen LogP contribution is -2.41. The quantitative estimate of drug-likeness (QED) is 0.315. The summed E-state index contributed by atoms with van der Waals surface area (Å²) in [5.41, 5.74) is 3.30. The van der Waals surface area contributed by atoms with Crippen LogP contribution in [-0.4, -0.2) is 93.3 Å². The lowest BCUT2D eigenvalue weighted by atomic mass is 9.90. The molecule has 0 aliphatic carbocycles. The third-order valence-corrected chi connectivity index (χ3v) is 9.64. The number of sulfonamides is 1. The Balaban J connectivity index is 1.07. The molecule has 0 radical (unpaired) electrons. The Labute approximate surface area is 230 Å². The van der Waals surface area contributed by atoms with E-state index in [-0.39, 0.29) is 17.6 Å². The number of fused-ring (bicyclic) bond motifs is 1. The van der Waals surface area contributed by atoms with Gasteiger partial charge >= 0.3 is 0 Å². The standard InChI is InChI=1S/C29H39N5O4S/c35-29(27-7-2-4-24-8-12-31-28(24)27)32-26-6-1-5-25(22-26)23-9-15-34(16-10-23)39(36,37)21-13-30-11-3-14-33-17-19-38-20-18-33/h1-2,4-8,12,22-23,30-31H,3,9-11,13-21H2,(H,32,35). The summed E-state index contributed by atoms with van der Waals surface area (Å²) in [5, 5.41) is 7.32. The number of aromatic amines is 1. The van der Waals surface area contributed by atoms with Gasteiger partial charge in [0.1, 0.15) is 0 Å². The highest BCUT2D eigenvalue weighted by atomic mass is 32.2. The molecule has 2 fully saturated rings. The summed E-state index contributed by atoms with van der Waals surface area (Å²) >= 11 is 0. The number of ether oxygens (including phenoxy) is 1. The van der Waals surface area contributed by atoms with Crippen molar-refractivity contribution < 1.29 is 17.9 Å². The van der Waals surface area contributed by atoms with Gasteiger partial charge in [0.25, 0.3) is 5.91 Å². The zero-order valence-electron chi connectivity index (χ0n) is 22.4. The fourth-order valence-corrected chi connectivity index (χ4v) is 6.95. The number of aromatic nitrogens is 1. The van der Waals surface area contributed by atoms with Crippen LogP contribution in [0.25, 0.3) is 10.9 Å². The first-order valence-corrected chi connectivity index (χ1v) is 15.6. The minimum Gasteiger partial charge on any atom is -0.379 e. The predicted molar refractivity (Wildman–Crippen MR) is 155 cm³/mol. The second-order valence-electron chi connectivity index (χ2n) is 10.4. The summed E-state index contributed by atoms with van der Waals surface area (Å²) in [4.78, 5) is 18.5. The molecule has 1 amide bonds. The van der Waals surface area contributed by atoms with Crippen LogP contribution in [0.3, 0.4) is 0 Å². The zero-order valence-corrected chi connectivity index (χ0v) is 23.2. The lowest BCUT2D eigenvalue weighted by molar-refractivity contribution is 0.0375. The first-order chi connectivity index (χ1) is 19.0. The molecule has 10 heteroatoms. The molecule has 2 saturated heterocycles. The number of hydrogen-bond acceptors (Lipinski definition) is 6. The molecule has 0 bridgehead atoms. The first kappa shape index (κ1) is 27.8. The smallest absolute Gasteiger partial charge is 0.257 e. The second-order valence-corrected chi connectivity index (χ2v) is 12.5. The van der Waals surface area contributed by atoms with Crippen LogP contribution in [0, 0.1) is 0 Å². The normalized spacial score (nSPS) is 17.9. The Morgan fingerprint density at radius 1 is 1.00 bits per heavy atom. The molecule has 2 aromatic carbocycles. The zero-order chi connectivity index (χ0) is 27.1. The molecule has 2 aliphatic rings. The Morgan fingerprint density at radius 3 is 2.62 bits per heavy atom. The first-order valence-electron chi connectivity index (χ1n) is 14.0. The summed E-state index contributed by atoms with van der Waals surface area (Å²) < 4.78 is 32.8. The number of benzene rings is 2. The monoisotopic (exact) mass is 553 g/mol. The Morgan fingerprint density at radius 2 is 1.79 bits per heavy atom. The van der Waals surface area contributed by atoms with Crippen molar-refractivity contribution in [2.24, 2.45) is 0 Å². The molecular formula is C29H39N5O4S. The maximum absolute atomic E-state index is 13.0. The number of para-hydroxylation sites is 1. The van der Waals surface area contributed by atoms with Gasteiger partial charge in [0.2, 0.25) is 10.0 Å². The SMILES string of the molecule is O=C(Nc1cccc(C2CCN(S(=O)(=O)CCNCCCN3CCOCC3)CC2)c1)c1cccc2cc[nH]c12. The molecule has 1 aromatic heterocycles. The van der Waals surface area contributed by atoms with Gasteiger partial charge in [0.15, 0.2) is 0 Å². The number of H-pyrrole nitrogens is 1. The van der Waals surface area contributed by atoms with Crippen molar-refractivity contribution in [1.29, 1.82) is 0 Å². The van der Waals surface area contributed by atoms with Crippen molar-refractivity contribution in [3.05, 3.63) is 65.9 Å². The van der Waals surface area contributed by atoms with Crippen LogP contribution in [0.2, 0.25) is 0 Å². The van der Waals surface area contributed by atoms with E-state index >= 15 is 0 Å². The molecule has 2 aliphatic heterocycles. The van der Waals surface area contributed by atoms with E-state index in [4.69, 9.17) is 4.74 Å². The van der Waals surface area contributed by atoms with E-state index in [9.17, 15) is 13.2 Å². The molecule has 3 N–H and O–H groups in total. The number of morpholine rings is 1. The minimum absolute atomic E-state index is 0.129. The van der Waals surface area contributed by atoms with Gasteiger partial charge in [0.05, 0.1) is 30.0 Å². The molecule has 0 spiro atoms. The third kappa shape index (κ3) is 7.26. The van der Waals surface area contributed by atoms with Crippen molar-refractivity contribution in [3.8, 4) is 0 Å². The summed E-state index contributed by atoms with van der Waals surface area (Å²) in [6, 6.07) is 15.5. The summed E-state index contributed by atoms with van der Waals surface area (Å²) in [6.07, 6.45) is 4.38. The van der Waals surface area contributed by atoms with E-state index in [0.717, 1.165) is 80.8 Å². The number of nitrogens with zero attached hydrogens (tertiary/aromatic N) is 2. The lowest BCUT2D eigenvalue weighted by Gasteiger charge is -2.31. The van der Waals surface area contributed by atoms with Crippen molar-refractivity contribution in [3.63, 3.8) is 0 Å². The summed E-state index contributed by atoms with van der Waals surface area (Å²) in [6.45, 7) is 6.93. The Kier molecular flexibility index (Phi) is 9.31. The largest absolute Gasteiger partial charge is 0.379 e. The van der Waals surface area contributed by atoms with E-state index in [2.05, 4.69) is 26.6 Å². The van der Waals surface area contributed by atoms with Gasteiger partial charge in [0, 0.05) is 50.0 Å². The van der Waals surface area contributed by atoms with Crippen molar-refractivity contribution in [2.75, 3.05) is 70.1 Å². The topological polar surface area (TPSA) is 107 Å². The molecule has 5 rings (SSSR count). The number of piperidine rings is 1. The Hall–Kier alpha value is -2.76. The van der Waals surface area contributed by atoms with Crippen LogP contribution in [0.15, 0.2) is 54.7 Å². The number of nitrogens with one attached hydrogen (secondary N) is 3. The number of amides is 1. The van der Waals surface area contributed by atoms with E-state index in [1.165, 1.54) is 0 Å². The number of carbonyl (C=O) groups is 1. The van der Waals surface area contributed by atoms with E-state index in [1.807, 2.05) is 48.7 Å². The van der Waals surface area contributed by atoms with Crippen LogP contribution in [0.1, 0.15) is 41.1 Å². The van der Waals surface area contributed by atoms with Gasteiger partial charge < -0.3 is 20.4 Å². The van der Waals surface area contributed by atoms with Crippen LogP contribution in [0.5, 0.6) is 0 Å². The van der Waals surface area contributed by atoms with Crippen molar-refractivity contribution >= 4 is 32.5 Å². The molecule has 3 heterocycles. The van der Waals surface area contributed by atoms with E-state index in [1.54, 1.807) is 4.31 Å². The number of rotatable bonds is 11. The van der Waals surface area contributed by atoms with Gasteiger partial charge in [-0.05, 0) is 68.1 Å². The summed E-state index contributed by atoms with van der Waals surface area (Å²) in [5.74, 6) is 0.235. The molecular weight excluding hydrogens is 514 g/mol. The maximum atomic E-state index is 13.0. The highest BCUT2D eigenvalue weighted by Gasteiger charge is 2.28. The molecule has 39 heavy (non-hydrogen) atoms. The van der Waals surface area contributed by atoms with Gasteiger partial charge in [-0.3, -0.25) is 9.69 Å². The molecule has 0 atom stereocenters. The average molecular weight is 554 g/mol.